The van der Waals surface area contributed by atoms with Gasteiger partial charge in [-0.2, -0.15) is 0 Å². The fraction of sp³-hybridized carbons (Fsp3) is 0.444. The van der Waals surface area contributed by atoms with Gasteiger partial charge in [0.1, 0.15) is 12.1 Å². The lowest BCUT2D eigenvalue weighted by molar-refractivity contribution is -0.151. The minimum absolute atomic E-state index is 0.0372. The number of carbonyl (C=O) groups is 3. The maximum atomic E-state index is 13.5. The van der Waals surface area contributed by atoms with E-state index < -0.39 is 29.9 Å². The SMILES string of the molecule is O=C(O)[C@H](Cc1ccc(-c2cc(Cl)ccc2Cl)cc1)N(C(=O)OC1CCCC1)C(=O)[C@@H]1CCCNC1. The van der Waals surface area contributed by atoms with E-state index in [1.54, 1.807) is 30.3 Å². The van der Waals surface area contributed by atoms with E-state index >= 15 is 0 Å². The van der Waals surface area contributed by atoms with E-state index in [1.807, 2.05) is 12.1 Å². The number of piperidine rings is 1. The molecule has 1 heterocycles. The third-order valence-corrected chi connectivity index (χ3v) is 7.43. The molecule has 36 heavy (non-hydrogen) atoms. The Labute approximate surface area is 220 Å². The summed E-state index contributed by atoms with van der Waals surface area (Å²) in [6.45, 7) is 1.20. The topological polar surface area (TPSA) is 95.9 Å². The molecule has 2 aromatic carbocycles. The van der Waals surface area contributed by atoms with Crippen LogP contribution in [-0.2, 0) is 20.7 Å². The molecule has 2 aromatic rings. The highest BCUT2D eigenvalue weighted by molar-refractivity contribution is 6.35. The summed E-state index contributed by atoms with van der Waals surface area (Å²) in [4.78, 5) is 39.9. The van der Waals surface area contributed by atoms with E-state index in [0.717, 1.165) is 54.7 Å². The minimum atomic E-state index is -1.38. The van der Waals surface area contributed by atoms with E-state index in [9.17, 15) is 19.5 Å². The molecule has 1 saturated heterocycles. The highest BCUT2D eigenvalue weighted by Gasteiger charge is 2.40. The maximum absolute atomic E-state index is 13.5. The average molecular weight is 533 g/mol. The normalized spacial score (nSPS) is 19.0. The first kappa shape index (κ1) is 26.5. The number of carboxylic acid groups (broad SMARTS) is 1. The van der Waals surface area contributed by atoms with Crippen LogP contribution in [-0.4, -0.2) is 53.2 Å². The van der Waals surface area contributed by atoms with Crippen molar-refractivity contribution in [1.82, 2.24) is 10.2 Å². The standard InChI is InChI=1S/C27H30Cl2N2O5/c28-20-11-12-23(29)22(15-20)18-9-7-17(8-10-18)14-24(26(33)34)31(25(32)19-4-3-13-30-16-19)27(35)36-21-5-1-2-6-21/h7-12,15,19,21,24,30H,1-6,13-14,16H2,(H,33,34)/t19-,24+/m1/s1. The smallest absolute Gasteiger partial charge is 0.417 e. The number of nitrogens with one attached hydrogen (secondary N) is 1. The molecule has 0 bridgehead atoms. The Hall–Kier alpha value is -2.61. The van der Waals surface area contributed by atoms with Gasteiger partial charge in [0.15, 0.2) is 0 Å². The van der Waals surface area contributed by atoms with Crippen LogP contribution in [0.1, 0.15) is 44.1 Å². The molecule has 0 unspecified atom stereocenters. The third-order valence-electron chi connectivity index (χ3n) is 6.87. The zero-order valence-corrected chi connectivity index (χ0v) is 21.4. The maximum Gasteiger partial charge on any atom is 0.417 e. The zero-order valence-electron chi connectivity index (χ0n) is 19.9. The van der Waals surface area contributed by atoms with Crippen molar-refractivity contribution >= 4 is 41.2 Å². The molecule has 9 heteroatoms. The van der Waals surface area contributed by atoms with Gasteiger partial charge in [-0.15, -0.1) is 0 Å². The summed E-state index contributed by atoms with van der Waals surface area (Å²) in [5.74, 6) is -2.22. The van der Waals surface area contributed by atoms with Crippen LogP contribution in [0.5, 0.6) is 0 Å². The number of amides is 2. The highest BCUT2D eigenvalue weighted by atomic mass is 35.5. The molecule has 2 fully saturated rings. The second kappa shape index (κ2) is 12.1. The largest absolute Gasteiger partial charge is 0.480 e. The predicted molar refractivity (Wildman–Crippen MR) is 138 cm³/mol. The van der Waals surface area contributed by atoms with Gasteiger partial charge < -0.3 is 15.2 Å². The second-order valence-corrected chi connectivity index (χ2v) is 10.3. The molecular weight excluding hydrogens is 503 g/mol. The molecule has 2 N–H and O–H groups in total. The summed E-state index contributed by atoms with van der Waals surface area (Å²) in [6, 6.07) is 11.0. The van der Waals surface area contributed by atoms with E-state index in [1.165, 1.54) is 0 Å². The summed E-state index contributed by atoms with van der Waals surface area (Å²) in [7, 11) is 0. The first-order valence-corrected chi connectivity index (χ1v) is 13.1. The summed E-state index contributed by atoms with van der Waals surface area (Å²) >= 11 is 12.4. The average Bonchev–Trinajstić information content (AvgIpc) is 3.39. The number of carboxylic acids is 1. The lowest BCUT2D eigenvalue weighted by Crippen LogP contribution is -2.54. The quantitative estimate of drug-likeness (QED) is 0.484. The Morgan fingerprint density at radius 3 is 2.39 bits per heavy atom. The first-order chi connectivity index (χ1) is 17.3. The lowest BCUT2D eigenvalue weighted by atomic mass is 9.96. The van der Waals surface area contributed by atoms with Crippen LogP contribution in [0.3, 0.4) is 0 Å². The lowest BCUT2D eigenvalue weighted by Gasteiger charge is -2.32. The number of hydrogen-bond acceptors (Lipinski definition) is 5. The van der Waals surface area contributed by atoms with Crippen molar-refractivity contribution in [3.63, 3.8) is 0 Å². The fourth-order valence-electron chi connectivity index (χ4n) is 4.89. The molecule has 0 aromatic heterocycles. The van der Waals surface area contributed by atoms with Crippen LogP contribution < -0.4 is 5.32 Å². The number of carbonyl (C=O) groups excluding carboxylic acids is 2. The monoisotopic (exact) mass is 532 g/mol. The third kappa shape index (κ3) is 6.38. The highest BCUT2D eigenvalue weighted by Crippen LogP contribution is 2.31. The molecule has 1 aliphatic carbocycles. The number of imide groups is 1. The van der Waals surface area contributed by atoms with Gasteiger partial charge in [-0.3, -0.25) is 4.79 Å². The Morgan fingerprint density at radius 2 is 1.75 bits per heavy atom. The van der Waals surface area contributed by atoms with Crippen molar-refractivity contribution in [3.05, 3.63) is 58.1 Å². The Bertz CT molecular complexity index is 1100. The summed E-state index contributed by atoms with van der Waals surface area (Å²) in [5, 5.41) is 14.4. The molecule has 4 rings (SSSR count). The minimum Gasteiger partial charge on any atom is -0.480 e. The van der Waals surface area contributed by atoms with Gasteiger partial charge in [-0.25, -0.2) is 14.5 Å². The van der Waals surface area contributed by atoms with Gasteiger partial charge in [0.05, 0.1) is 5.92 Å². The molecule has 1 aliphatic heterocycles. The number of ether oxygens (including phenoxy) is 1. The van der Waals surface area contributed by atoms with Gasteiger partial charge >= 0.3 is 12.1 Å². The van der Waals surface area contributed by atoms with Gasteiger partial charge in [0, 0.05) is 28.6 Å². The van der Waals surface area contributed by atoms with Crippen LogP contribution in [0.4, 0.5) is 4.79 Å². The number of hydrogen-bond donors (Lipinski definition) is 2. The van der Waals surface area contributed by atoms with E-state index in [0.29, 0.717) is 28.6 Å². The van der Waals surface area contributed by atoms with Crippen LogP contribution in [0.2, 0.25) is 10.0 Å². The van der Waals surface area contributed by atoms with Crippen LogP contribution in [0.15, 0.2) is 42.5 Å². The fourth-order valence-corrected chi connectivity index (χ4v) is 5.29. The second-order valence-electron chi connectivity index (χ2n) is 9.42. The number of halogens is 2. The number of aliphatic carboxylic acids is 1. The van der Waals surface area contributed by atoms with Crippen molar-refractivity contribution in [2.24, 2.45) is 5.92 Å². The van der Waals surface area contributed by atoms with Crippen molar-refractivity contribution in [2.75, 3.05) is 13.1 Å². The molecule has 2 atom stereocenters. The van der Waals surface area contributed by atoms with Crippen molar-refractivity contribution in [3.8, 4) is 11.1 Å². The number of nitrogens with zero attached hydrogens (tertiary/aromatic N) is 1. The van der Waals surface area contributed by atoms with Gasteiger partial charge in [0.2, 0.25) is 5.91 Å². The molecule has 7 nitrogen and oxygen atoms in total. The van der Waals surface area contributed by atoms with E-state index in [-0.39, 0.29) is 12.5 Å². The van der Waals surface area contributed by atoms with Crippen LogP contribution in [0.25, 0.3) is 11.1 Å². The first-order valence-electron chi connectivity index (χ1n) is 12.3. The molecule has 2 amide bonds. The number of rotatable bonds is 7. The Morgan fingerprint density at radius 1 is 1.03 bits per heavy atom. The molecule has 2 aliphatic rings. The predicted octanol–water partition coefficient (Wildman–Crippen LogP) is 5.56. The summed E-state index contributed by atoms with van der Waals surface area (Å²) < 4.78 is 5.61. The van der Waals surface area contributed by atoms with E-state index in [2.05, 4.69) is 5.32 Å². The van der Waals surface area contributed by atoms with Crippen molar-refractivity contribution in [1.29, 1.82) is 0 Å². The molecule has 0 spiro atoms. The summed E-state index contributed by atoms with van der Waals surface area (Å²) in [5.41, 5.74) is 2.24. The Kier molecular flexibility index (Phi) is 8.88. The van der Waals surface area contributed by atoms with Crippen molar-refractivity contribution < 1.29 is 24.2 Å². The molecule has 0 radical (unpaired) electrons. The van der Waals surface area contributed by atoms with Gasteiger partial charge in [-0.1, -0.05) is 47.5 Å². The Balaban J connectivity index is 1.58. The van der Waals surface area contributed by atoms with Crippen LogP contribution >= 0.6 is 23.2 Å². The van der Waals surface area contributed by atoms with Gasteiger partial charge in [0.25, 0.3) is 0 Å². The zero-order chi connectivity index (χ0) is 25.7. The van der Waals surface area contributed by atoms with Crippen LogP contribution in [0, 0.1) is 5.92 Å². The summed E-state index contributed by atoms with van der Waals surface area (Å²) in [6.07, 6.45) is 3.54. The van der Waals surface area contributed by atoms with Gasteiger partial charge in [-0.05, 0) is 74.4 Å². The molecular formula is C27H30Cl2N2O5. The molecule has 1 saturated carbocycles. The number of benzene rings is 2. The van der Waals surface area contributed by atoms with E-state index in [4.69, 9.17) is 27.9 Å². The van der Waals surface area contributed by atoms with Crippen molar-refractivity contribution in [2.45, 2.75) is 57.1 Å². The molecule has 192 valence electrons.